The van der Waals surface area contributed by atoms with Crippen molar-refractivity contribution < 1.29 is 27.9 Å². The van der Waals surface area contributed by atoms with Gasteiger partial charge in [0.25, 0.3) is 0 Å². The average molecular weight is 561 g/mol. The van der Waals surface area contributed by atoms with Gasteiger partial charge < -0.3 is 21.5 Å². The van der Waals surface area contributed by atoms with E-state index >= 15 is 0 Å². The molecule has 3 amide bonds. The van der Waals surface area contributed by atoms with Gasteiger partial charge in [-0.1, -0.05) is 41.4 Å². The van der Waals surface area contributed by atoms with Crippen molar-refractivity contribution in [1.29, 1.82) is 0 Å². The normalized spacial score (nSPS) is 13.1. The zero-order valence-corrected chi connectivity index (χ0v) is 20.4. The first-order chi connectivity index (χ1) is 17.4. The highest BCUT2D eigenvalue weighted by atomic mass is 35.5. The summed E-state index contributed by atoms with van der Waals surface area (Å²) < 4.78 is 40.3. The number of rotatable bonds is 9. The van der Waals surface area contributed by atoms with Gasteiger partial charge in [-0.15, -0.1) is 5.10 Å². The van der Waals surface area contributed by atoms with Gasteiger partial charge in [0.2, 0.25) is 5.91 Å². The van der Waals surface area contributed by atoms with Crippen molar-refractivity contribution in [1.82, 2.24) is 25.0 Å². The zero-order chi connectivity index (χ0) is 27.3. The van der Waals surface area contributed by atoms with Crippen LogP contribution in [0.2, 0.25) is 10.0 Å². The van der Waals surface area contributed by atoms with Crippen molar-refractivity contribution in [3.8, 4) is 11.4 Å². The molecule has 2 unspecified atom stereocenters. The molecule has 198 valence electrons. The number of hydrogen-bond donors (Lipinski definition) is 4. The van der Waals surface area contributed by atoms with Gasteiger partial charge in [-0.2, -0.15) is 13.2 Å². The lowest BCUT2D eigenvalue weighted by Gasteiger charge is -2.20. The Hall–Kier alpha value is -3.55. The summed E-state index contributed by atoms with van der Waals surface area (Å²) in [6.07, 6.45) is -7.85. The molecule has 0 aliphatic heterocycles. The fourth-order valence-corrected chi connectivity index (χ4v) is 3.77. The Morgan fingerprint density at radius 2 is 1.76 bits per heavy atom. The number of amides is 3. The van der Waals surface area contributed by atoms with Crippen LogP contribution in [0.25, 0.3) is 11.4 Å². The highest BCUT2D eigenvalue weighted by molar-refractivity contribution is 6.31. The monoisotopic (exact) mass is 560 g/mol. The number of nitrogens with zero attached hydrogens (tertiary/aromatic N) is 3. The van der Waals surface area contributed by atoms with Crippen LogP contribution < -0.4 is 22.1 Å². The summed E-state index contributed by atoms with van der Waals surface area (Å²) in [5, 5.41) is 19.2. The number of benzene rings is 2. The summed E-state index contributed by atoms with van der Waals surface area (Å²) >= 11 is 12.1. The molecule has 0 saturated heterocycles. The molecule has 2 aromatic carbocycles. The molecule has 37 heavy (non-hydrogen) atoms. The van der Waals surface area contributed by atoms with Crippen molar-refractivity contribution in [2.75, 3.05) is 6.54 Å². The second kappa shape index (κ2) is 11.7. The second-order valence-corrected chi connectivity index (χ2v) is 8.67. The maximum Gasteiger partial charge on any atom is 0.416 e. The van der Waals surface area contributed by atoms with Gasteiger partial charge >= 0.3 is 17.9 Å². The fourth-order valence-electron chi connectivity index (χ4n) is 3.37. The Labute approximate surface area is 217 Å². The molecule has 2 atom stereocenters. The van der Waals surface area contributed by atoms with E-state index in [0.29, 0.717) is 19.8 Å². The summed E-state index contributed by atoms with van der Waals surface area (Å²) in [5.41, 5.74) is 4.74. The largest absolute Gasteiger partial charge is 0.416 e. The number of aromatic nitrogens is 3. The lowest BCUT2D eigenvalue weighted by Crippen LogP contribution is -2.42. The van der Waals surface area contributed by atoms with E-state index in [1.807, 2.05) is 0 Å². The number of nitrogens with two attached hydrogens (primary N) is 1. The van der Waals surface area contributed by atoms with E-state index in [-0.39, 0.29) is 23.0 Å². The molecule has 10 nitrogen and oxygen atoms in total. The highest BCUT2D eigenvalue weighted by Gasteiger charge is 2.39. The van der Waals surface area contributed by atoms with Crippen LogP contribution in [0.1, 0.15) is 11.6 Å². The van der Waals surface area contributed by atoms with E-state index in [1.54, 1.807) is 24.3 Å². The van der Waals surface area contributed by atoms with Gasteiger partial charge in [0, 0.05) is 22.2 Å². The van der Waals surface area contributed by atoms with Crippen molar-refractivity contribution in [3.63, 3.8) is 0 Å². The number of primary amides is 1. The van der Waals surface area contributed by atoms with E-state index in [1.165, 1.54) is 24.3 Å². The van der Waals surface area contributed by atoms with E-state index in [9.17, 15) is 32.7 Å². The minimum Gasteiger partial charge on any atom is -0.382 e. The third-order valence-electron chi connectivity index (χ3n) is 5.15. The molecule has 0 aliphatic rings. The van der Waals surface area contributed by atoms with E-state index in [2.05, 4.69) is 15.7 Å². The van der Waals surface area contributed by atoms with Gasteiger partial charge in [-0.3, -0.25) is 9.36 Å². The first-order valence-electron chi connectivity index (χ1n) is 10.6. The van der Waals surface area contributed by atoms with Crippen LogP contribution in [0.4, 0.5) is 18.0 Å². The molecule has 0 radical (unpaired) electrons. The van der Waals surface area contributed by atoms with Crippen molar-refractivity contribution in [3.05, 3.63) is 74.6 Å². The molecule has 1 heterocycles. The third kappa shape index (κ3) is 7.24. The van der Waals surface area contributed by atoms with Crippen molar-refractivity contribution >= 4 is 35.1 Å². The fraction of sp³-hybridized carbons (Fsp3) is 0.273. The highest BCUT2D eigenvalue weighted by Crippen LogP contribution is 2.25. The quantitative estimate of drug-likeness (QED) is 0.317. The average Bonchev–Trinajstić information content (AvgIpc) is 3.11. The molecule has 1 aromatic heterocycles. The number of nitrogens with one attached hydrogen (secondary N) is 2. The third-order valence-corrected chi connectivity index (χ3v) is 5.74. The van der Waals surface area contributed by atoms with E-state index in [0.717, 1.165) is 0 Å². The van der Waals surface area contributed by atoms with Gasteiger partial charge in [-0.05, 0) is 35.9 Å². The van der Waals surface area contributed by atoms with Gasteiger partial charge in [0.15, 0.2) is 11.9 Å². The number of halogens is 5. The standard InChI is InChI=1S/C22H21Cl2F3N6O4/c23-13-7-5-12(6-8-13)19-31-33(21(37)32(19)10-17(34)22(25,26)27)11-18(35)30-16(9-29-20(28)36)14-3-1-2-4-15(14)24/h1-8,16-17,34H,9-11H2,(H,30,35)(H3,28,29,36). The molecular formula is C22H21Cl2F3N6O4. The minimum absolute atomic E-state index is 0.137. The first kappa shape index (κ1) is 28.0. The van der Waals surface area contributed by atoms with Crippen LogP contribution in [0.5, 0.6) is 0 Å². The minimum atomic E-state index is -4.99. The predicted molar refractivity (Wildman–Crippen MR) is 129 cm³/mol. The smallest absolute Gasteiger partial charge is 0.382 e. The number of aliphatic hydroxyl groups is 1. The molecular weight excluding hydrogens is 540 g/mol. The van der Waals surface area contributed by atoms with Crippen molar-refractivity contribution in [2.45, 2.75) is 31.4 Å². The molecule has 5 N–H and O–H groups in total. The van der Waals surface area contributed by atoms with Crippen molar-refractivity contribution in [2.24, 2.45) is 5.73 Å². The van der Waals surface area contributed by atoms with Crippen LogP contribution in [-0.2, 0) is 17.9 Å². The number of carbonyl (C=O) groups is 2. The van der Waals surface area contributed by atoms with Crippen LogP contribution in [0.15, 0.2) is 53.3 Å². The molecule has 0 spiro atoms. The van der Waals surface area contributed by atoms with Gasteiger partial charge in [0.1, 0.15) is 6.54 Å². The molecule has 3 aromatic rings. The molecule has 0 fully saturated rings. The zero-order valence-electron chi connectivity index (χ0n) is 18.9. The topological polar surface area (TPSA) is 144 Å². The maximum absolute atomic E-state index is 13.0. The number of hydrogen-bond acceptors (Lipinski definition) is 5. The lowest BCUT2D eigenvalue weighted by atomic mass is 10.1. The summed E-state index contributed by atoms with van der Waals surface area (Å²) in [4.78, 5) is 37.0. The summed E-state index contributed by atoms with van der Waals surface area (Å²) in [5.74, 6) is -0.974. The Morgan fingerprint density at radius 3 is 2.35 bits per heavy atom. The molecule has 0 aliphatic carbocycles. The number of alkyl halides is 3. The van der Waals surface area contributed by atoms with Crippen LogP contribution in [-0.4, -0.2) is 50.2 Å². The van der Waals surface area contributed by atoms with Crippen LogP contribution in [0.3, 0.4) is 0 Å². The SMILES string of the molecule is NC(=O)NCC(NC(=O)Cn1nc(-c2ccc(Cl)cc2)n(CC(O)C(F)(F)F)c1=O)c1ccccc1Cl. The summed E-state index contributed by atoms with van der Waals surface area (Å²) in [7, 11) is 0. The lowest BCUT2D eigenvalue weighted by molar-refractivity contribution is -0.207. The second-order valence-electron chi connectivity index (χ2n) is 7.83. The van der Waals surface area contributed by atoms with Crippen LogP contribution in [0, 0.1) is 0 Å². The summed E-state index contributed by atoms with van der Waals surface area (Å²) in [6.45, 7) is -1.97. The Morgan fingerprint density at radius 1 is 1.11 bits per heavy atom. The first-order valence-corrected chi connectivity index (χ1v) is 11.4. The molecule has 0 saturated carbocycles. The molecule has 3 rings (SSSR count). The summed E-state index contributed by atoms with van der Waals surface area (Å²) in [6, 6.07) is 10.5. The van der Waals surface area contributed by atoms with Gasteiger partial charge in [0.05, 0.1) is 12.6 Å². The number of carbonyl (C=O) groups excluding carboxylic acids is 2. The Bertz CT molecular complexity index is 1330. The van der Waals surface area contributed by atoms with E-state index in [4.69, 9.17) is 28.9 Å². The Kier molecular flexibility index (Phi) is 8.84. The maximum atomic E-state index is 13.0. The van der Waals surface area contributed by atoms with Crippen LogP contribution >= 0.6 is 23.2 Å². The number of urea groups is 1. The number of aliphatic hydroxyl groups excluding tert-OH is 1. The predicted octanol–water partition coefficient (Wildman–Crippen LogP) is 2.47. The van der Waals surface area contributed by atoms with E-state index < -0.39 is 49.0 Å². The molecule has 15 heteroatoms. The Balaban J connectivity index is 1.92. The molecule has 0 bridgehead atoms. The van der Waals surface area contributed by atoms with Gasteiger partial charge in [-0.25, -0.2) is 14.3 Å².